The van der Waals surface area contributed by atoms with E-state index < -0.39 is 0 Å². The van der Waals surface area contributed by atoms with Crippen LogP contribution < -0.4 is 11.5 Å². The zero-order valence-corrected chi connectivity index (χ0v) is 9.11. The molecule has 4 nitrogen and oxygen atoms in total. The van der Waals surface area contributed by atoms with Gasteiger partial charge in [0.2, 0.25) is 11.8 Å². The van der Waals surface area contributed by atoms with E-state index in [1.54, 1.807) is 0 Å². The minimum atomic E-state index is -0.315. The molecule has 0 aromatic heterocycles. The van der Waals surface area contributed by atoms with Gasteiger partial charge >= 0.3 is 0 Å². The second-order valence-corrected chi connectivity index (χ2v) is 3.70. The van der Waals surface area contributed by atoms with Gasteiger partial charge in [0, 0.05) is 12.8 Å². The van der Waals surface area contributed by atoms with Crippen LogP contribution in [0.4, 0.5) is 0 Å². The number of rotatable bonds is 6. The van der Waals surface area contributed by atoms with Crippen LogP contribution in [0.15, 0.2) is 24.3 Å². The Morgan fingerprint density at radius 3 is 1.56 bits per heavy atom. The van der Waals surface area contributed by atoms with Crippen LogP contribution in [0.1, 0.15) is 24.0 Å². The summed E-state index contributed by atoms with van der Waals surface area (Å²) in [5.41, 5.74) is 12.3. The van der Waals surface area contributed by atoms with Gasteiger partial charge in [-0.05, 0) is 24.0 Å². The number of carbonyl (C=O) groups is 2. The van der Waals surface area contributed by atoms with E-state index in [4.69, 9.17) is 11.5 Å². The molecule has 0 aliphatic heterocycles. The van der Waals surface area contributed by atoms with E-state index >= 15 is 0 Å². The molecule has 2 amide bonds. The number of benzene rings is 1. The Kier molecular flexibility index (Phi) is 4.51. The van der Waals surface area contributed by atoms with Gasteiger partial charge in [-0.15, -0.1) is 0 Å². The quantitative estimate of drug-likeness (QED) is 0.732. The second kappa shape index (κ2) is 5.90. The number of nitrogens with two attached hydrogens (primary N) is 2. The van der Waals surface area contributed by atoms with E-state index in [9.17, 15) is 9.59 Å². The lowest BCUT2D eigenvalue weighted by Crippen LogP contribution is -2.13. The van der Waals surface area contributed by atoms with Gasteiger partial charge in [0.1, 0.15) is 0 Å². The minimum Gasteiger partial charge on any atom is -0.370 e. The molecule has 0 radical (unpaired) electrons. The van der Waals surface area contributed by atoms with E-state index in [0.717, 1.165) is 11.1 Å². The van der Waals surface area contributed by atoms with E-state index in [2.05, 4.69) is 0 Å². The number of carbonyl (C=O) groups excluding carboxylic acids is 2. The van der Waals surface area contributed by atoms with Gasteiger partial charge in [-0.3, -0.25) is 9.59 Å². The lowest BCUT2D eigenvalue weighted by atomic mass is 9.99. The molecule has 4 heteroatoms. The molecule has 0 atom stereocenters. The Morgan fingerprint density at radius 1 is 0.875 bits per heavy atom. The van der Waals surface area contributed by atoms with Gasteiger partial charge in [0.15, 0.2) is 0 Å². The van der Waals surface area contributed by atoms with Crippen LogP contribution in [0.3, 0.4) is 0 Å². The highest BCUT2D eigenvalue weighted by Crippen LogP contribution is 2.12. The van der Waals surface area contributed by atoms with Crippen LogP contribution in [0.2, 0.25) is 0 Å². The topological polar surface area (TPSA) is 86.2 Å². The predicted octanol–water partition coefficient (Wildman–Crippen LogP) is 0.522. The Bertz CT molecular complexity index is 351. The van der Waals surface area contributed by atoms with Crippen molar-refractivity contribution in [2.24, 2.45) is 11.5 Å². The molecule has 0 heterocycles. The number of primary amides is 2. The summed E-state index contributed by atoms with van der Waals surface area (Å²) in [4.78, 5) is 21.4. The molecule has 86 valence electrons. The first kappa shape index (κ1) is 12.2. The maximum absolute atomic E-state index is 10.7. The first-order chi connectivity index (χ1) is 7.59. The summed E-state index contributed by atoms with van der Waals surface area (Å²) >= 11 is 0. The number of amides is 2. The Hall–Kier alpha value is -1.84. The number of aryl methyl sites for hydroxylation is 2. The standard InChI is InChI=1S/C12H16N2O2/c13-11(15)7-5-9-3-1-2-4-10(9)6-8-12(14)16/h1-4H,5-8H2,(H2,13,15)(H2,14,16). The molecule has 0 aliphatic carbocycles. The monoisotopic (exact) mass is 220 g/mol. The highest BCUT2D eigenvalue weighted by Gasteiger charge is 2.04. The van der Waals surface area contributed by atoms with Crippen LogP contribution in [-0.4, -0.2) is 11.8 Å². The van der Waals surface area contributed by atoms with Crippen LogP contribution in [0.5, 0.6) is 0 Å². The lowest BCUT2D eigenvalue weighted by molar-refractivity contribution is -0.118. The summed E-state index contributed by atoms with van der Waals surface area (Å²) in [7, 11) is 0. The fourth-order valence-electron chi connectivity index (χ4n) is 1.56. The van der Waals surface area contributed by atoms with E-state index in [1.807, 2.05) is 24.3 Å². The molecule has 0 saturated heterocycles. The van der Waals surface area contributed by atoms with Gasteiger partial charge in [-0.1, -0.05) is 24.3 Å². The molecule has 0 aliphatic rings. The number of hydrogen-bond donors (Lipinski definition) is 2. The molecule has 1 rings (SSSR count). The maximum Gasteiger partial charge on any atom is 0.217 e. The van der Waals surface area contributed by atoms with Crippen molar-refractivity contribution in [2.45, 2.75) is 25.7 Å². The van der Waals surface area contributed by atoms with Gasteiger partial charge < -0.3 is 11.5 Å². The fraction of sp³-hybridized carbons (Fsp3) is 0.333. The molecule has 4 N–H and O–H groups in total. The van der Waals surface area contributed by atoms with Crippen molar-refractivity contribution in [3.63, 3.8) is 0 Å². The Labute approximate surface area is 94.6 Å². The lowest BCUT2D eigenvalue weighted by Gasteiger charge is -2.07. The molecule has 0 spiro atoms. The van der Waals surface area contributed by atoms with E-state index in [0.29, 0.717) is 25.7 Å². The third-order valence-electron chi connectivity index (χ3n) is 2.40. The zero-order chi connectivity index (χ0) is 12.0. The molecule has 16 heavy (non-hydrogen) atoms. The van der Waals surface area contributed by atoms with Crippen molar-refractivity contribution >= 4 is 11.8 Å². The summed E-state index contributed by atoms with van der Waals surface area (Å²) in [6.07, 6.45) is 1.88. The summed E-state index contributed by atoms with van der Waals surface area (Å²) in [5, 5.41) is 0. The summed E-state index contributed by atoms with van der Waals surface area (Å²) < 4.78 is 0. The zero-order valence-electron chi connectivity index (χ0n) is 9.11. The minimum absolute atomic E-state index is 0.315. The second-order valence-electron chi connectivity index (χ2n) is 3.70. The number of hydrogen-bond acceptors (Lipinski definition) is 2. The summed E-state index contributed by atoms with van der Waals surface area (Å²) in [6, 6.07) is 7.70. The van der Waals surface area contributed by atoms with E-state index in [-0.39, 0.29) is 11.8 Å². The molecular formula is C12H16N2O2. The molecular weight excluding hydrogens is 204 g/mol. The van der Waals surface area contributed by atoms with Crippen molar-refractivity contribution in [1.82, 2.24) is 0 Å². The summed E-state index contributed by atoms with van der Waals surface area (Å²) in [5.74, 6) is -0.630. The Morgan fingerprint density at radius 2 is 1.25 bits per heavy atom. The first-order valence-corrected chi connectivity index (χ1v) is 5.23. The van der Waals surface area contributed by atoms with Crippen LogP contribution in [0.25, 0.3) is 0 Å². The average Bonchev–Trinajstić information content (AvgIpc) is 2.24. The Balaban J connectivity index is 2.67. The summed E-state index contributed by atoms with van der Waals surface area (Å²) in [6.45, 7) is 0. The predicted molar refractivity (Wildman–Crippen MR) is 61.5 cm³/mol. The van der Waals surface area contributed by atoms with Crippen LogP contribution in [-0.2, 0) is 22.4 Å². The highest BCUT2D eigenvalue weighted by molar-refractivity contribution is 5.74. The average molecular weight is 220 g/mol. The fourth-order valence-corrected chi connectivity index (χ4v) is 1.56. The highest BCUT2D eigenvalue weighted by atomic mass is 16.1. The normalized spacial score (nSPS) is 10.0. The molecule has 0 unspecified atom stereocenters. The van der Waals surface area contributed by atoms with E-state index in [1.165, 1.54) is 0 Å². The smallest absolute Gasteiger partial charge is 0.217 e. The molecule has 1 aromatic carbocycles. The third-order valence-corrected chi connectivity index (χ3v) is 2.40. The maximum atomic E-state index is 10.7. The van der Waals surface area contributed by atoms with Gasteiger partial charge in [0.25, 0.3) is 0 Å². The molecule has 0 saturated carbocycles. The first-order valence-electron chi connectivity index (χ1n) is 5.23. The van der Waals surface area contributed by atoms with Crippen molar-refractivity contribution in [3.8, 4) is 0 Å². The third kappa shape index (κ3) is 4.13. The van der Waals surface area contributed by atoms with Gasteiger partial charge in [-0.25, -0.2) is 0 Å². The van der Waals surface area contributed by atoms with Crippen LogP contribution in [0, 0.1) is 0 Å². The van der Waals surface area contributed by atoms with Crippen molar-refractivity contribution in [2.75, 3.05) is 0 Å². The largest absolute Gasteiger partial charge is 0.370 e. The molecule has 1 aromatic rings. The SMILES string of the molecule is NC(=O)CCc1ccccc1CCC(N)=O. The van der Waals surface area contributed by atoms with Crippen LogP contribution >= 0.6 is 0 Å². The van der Waals surface area contributed by atoms with Gasteiger partial charge in [0.05, 0.1) is 0 Å². The van der Waals surface area contributed by atoms with Crippen molar-refractivity contribution in [3.05, 3.63) is 35.4 Å². The molecule has 0 bridgehead atoms. The van der Waals surface area contributed by atoms with Gasteiger partial charge in [-0.2, -0.15) is 0 Å². The van der Waals surface area contributed by atoms with Crippen molar-refractivity contribution < 1.29 is 9.59 Å². The molecule has 0 fully saturated rings. The van der Waals surface area contributed by atoms with Crippen molar-refractivity contribution in [1.29, 1.82) is 0 Å².